The maximum absolute atomic E-state index is 11.8. The Kier molecular flexibility index (Phi) is 21.1. The monoisotopic (exact) mass is 542 g/mol. The number of esters is 2. The molecule has 0 aliphatic carbocycles. The molecule has 0 aliphatic heterocycles. The van der Waals surface area contributed by atoms with Gasteiger partial charge in [0.05, 0.1) is 35.1 Å². The molecule has 6 nitrogen and oxygen atoms in total. The molecule has 0 radical (unpaired) electrons. The molecular weight excluding hydrogens is 496 g/mol. The van der Waals surface area contributed by atoms with Crippen LogP contribution in [-0.2, 0) is 28.7 Å². The number of ether oxygens (including phenoxy) is 2. The molecule has 0 rings (SSSR count). The van der Waals surface area contributed by atoms with Gasteiger partial charge in [-0.25, -0.2) is 0 Å². The molecule has 0 saturated heterocycles. The maximum Gasteiger partial charge on any atom is 0.311 e. The highest BCUT2D eigenvalue weighted by Gasteiger charge is 2.32. The normalized spacial score (nSPS) is 11.1. The highest BCUT2D eigenvalue weighted by Crippen LogP contribution is 2.27. The van der Waals surface area contributed by atoms with Crippen molar-refractivity contribution in [3.63, 3.8) is 0 Å². The summed E-state index contributed by atoms with van der Waals surface area (Å²) < 4.78 is 9.87. The van der Waals surface area contributed by atoms with E-state index in [4.69, 9.17) is 9.47 Å². The molecule has 0 fully saturated rings. The Labute approximate surface area is 209 Å². The first-order chi connectivity index (χ1) is 13.5. The maximum atomic E-state index is 11.8. The molecule has 0 aromatic heterocycles. The van der Waals surface area contributed by atoms with Gasteiger partial charge in [-0.2, -0.15) is 0 Å². The van der Waals surface area contributed by atoms with E-state index in [0.717, 1.165) is 0 Å². The second kappa shape index (κ2) is 17.6. The summed E-state index contributed by atoms with van der Waals surface area (Å²) in [6.45, 7) is 17.4. The first kappa shape index (κ1) is 38.4. The lowest BCUT2D eigenvalue weighted by atomic mass is 9.88. The molecule has 0 N–H and O–H groups in total. The molecule has 0 aromatic rings. The van der Waals surface area contributed by atoms with Crippen LogP contribution in [0, 0.1) is 10.8 Å². The fourth-order valence-electron chi connectivity index (χ4n) is 2.18. The lowest BCUT2D eigenvalue weighted by Gasteiger charge is -2.22. The van der Waals surface area contributed by atoms with Crippen LogP contribution in [0.1, 0.15) is 90.0 Å². The number of hydrogen-bond acceptors (Lipinski definition) is 7. The van der Waals surface area contributed by atoms with Crippen LogP contribution >= 0.6 is 27.7 Å². The molecular formula is C24H47BrO6S. The van der Waals surface area contributed by atoms with Crippen LogP contribution in [0.4, 0.5) is 0 Å². The smallest absolute Gasteiger partial charge is 0.311 e. The topological polar surface area (TPSA) is 86.7 Å². The summed E-state index contributed by atoms with van der Waals surface area (Å²) in [5.41, 5.74) is -1.42. The fourth-order valence-corrected chi connectivity index (χ4v) is 3.07. The van der Waals surface area contributed by atoms with Crippen LogP contribution in [0.3, 0.4) is 0 Å². The molecule has 0 unspecified atom stereocenters. The predicted octanol–water partition coefficient (Wildman–Crippen LogP) is 6.27. The standard InChI is InChI=1S/C13H24O3S.C9H15BrO3.2CH4/c1-7-16-11(15)13(5,6)8-10(14)9-17-12(2,3)4;1-4-13-8(12)9(2,3)5-7(11)6-10;;/h7-9H2,1-6H3;4-6H2,1-3H3;2*1H4. The van der Waals surface area contributed by atoms with Gasteiger partial charge in [-0.1, -0.05) is 51.6 Å². The van der Waals surface area contributed by atoms with E-state index in [1.54, 1.807) is 53.3 Å². The molecule has 192 valence electrons. The van der Waals surface area contributed by atoms with E-state index in [0.29, 0.717) is 19.0 Å². The molecule has 0 bridgehead atoms. The fraction of sp³-hybridized carbons (Fsp3) is 0.833. The van der Waals surface area contributed by atoms with Crippen molar-refractivity contribution in [3.05, 3.63) is 0 Å². The van der Waals surface area contributed by atoms with Gasteiger partial charge in [0.1, 0.15) is 11.6 Å². The summed E-state index contributed by atoms with van der Waals surface area (Å²) in [6.07, 6.45) is 0.464. The number of carbonyl (C=O) groups excluding carboxylic acids is 4. The van der Waals surface area contributed by atoms with E-state index in [9.17, 15) is 19.2 Å². The zero-order valence-electron chi connectivity index (χ0n) is 20.0. The highest BCUT2D eigenvalue weighted by molar-refractivity contribution is 9.09. The Bertz CT molecular complexity index is 580. The number of ketones is 2. The third-order valence-corrected chi connectivity index (χ3v) is 5.71. The van der Waals surface area contributed by atoms with Crippen molar-refractivity contribution < 1.29 is 28.7 Å². The summed E-state index contributed by atoms with van der Waals surface area (Å²) in [5, 5.41) is 0.288. The summed E-state index contributed by atoms with van der Waals surface area (Å²) >= 11 is 4.66. The average molecular weight is 544 g/mol. The van der Waals surface area contributed by atoms with Crippen LogP contribution in [0.25, 0.3) is 0 Å². The second-order valence-electron chi connectivity index (χ2n) is 9.17. The zero-order chi connectivity index (χ0) is 24.2. The second-order valence-corrected chi connectivity index (χ2v) is 11.5. The van der Waals surface area contributed by atoms with Crippen LogP contribution < -0.4 is 0 Å². The number of carbonyl (C=O) groups is 4. The third-order valence-electron chi connectivity index (χ3n) is 3.75. The van der Waals surface area contributed by atoms with Crippen LogP contribution in [0.5, 0.6) is 0 Å². The van der Waals surface area contributed by atoms with Crippen molar-refractivity contribution in [2.45, 2.75) is 94.8 Å². The van der Waals surface area contributed by atoms with Gasteiger partial charge in [0.25, 0.3) is 0 Å². The largest absolute Gasteiger partial charge is 0.466 e. The average Bonchev–Trinajstić information content (AvgIpc) is 2.59. The zero-order valence-corrected chi connectivity index (χ0v) is 22.4. The van der Waals surface area contributed by atoms with E-state index >= 15 is 0 Å². The van der Waals surface area contributed by atoms with Gasteiger partial charge >= 0.3 is 11.9 Å². The summed E-state index contributed by atoms with van der Waals surface area (Å²) in [4.78, 5) is 45.8. The molecule has 0 aromatic carbocycles. The molecule has 0 aliphatic rings. The van der Waals surface area contributed by atoms with Gasteiger partial charge in [-0.05, 0) is 41.5 Å². The SMILES string of the molecule is C.C.CCOC(=O)C(C)(C)CC(=O)CBr.CCOC(=O)C(C)(C)CC(=O)CSC(C)(C)C. The van der Waals surface area contributed by atoms with Crippen molar-refractivity contribution in [3.8, 4) is 0 Å². The first-order valence-corrected chi connectivity index (χ1v) is 12.2. The Morgan fingerprint density at radius 2 is 1.06 bits per heavy atom. The molecule has 32 heavy (non-hydrogen) atoms. The predicted molar refractivity (Wildman–Crippen MR) is 140 cm³/mol. The highest BCUT2D eigenvalue weighted by atomic mass is 79.9. The van der Waals surface area contributed by atoms with E-state index in [1.165, 1.54) is 0 Å². The lowest BCUT2D eigenvalue weighted by Crippen LogP contribution is -2.30. The van der Waals surface area contributed by atoms with Gasteiger partial charge in [0.15, 0.2) is 0 Å². The van der Waals surface area contributed by atoms with E-state index in [1.807, 2.05) is 0 Å². The summed E-state index contributed by atoms with van der Waals surface area (Å²) in [6, 6.07) is 0. The van der Waals surface area contributed by atoms with Gasteiger partial charge in [0.2, 0.25) is 0 Å². The van der Waals surface area contributed by atoms with Gasteiger partial charge in [0, 0.05) is 17.6 Å². The number of rotatable bonds is 11. The van der Waals surface area contributed by atoms with Crippen molar-refractivity contribution in [1.82, 2.24) is 0 Å². The van der Waals surface area contributed by atoms with Crippen LogP contribution in [0.15, 0.2) is 0 Å². The molecule has 0 atom stereocenters. The van der Waals surface area contributed by atoms with Crippen molar-refractivity contribution in [2.75, 3.05) is 24.3 Å². The third kappa shape index (κ3) is 18.7. The van der Waals surface area contributed by atoms with Gasteiger partial charge < -0.3 is 9.47 Å². The van der Waals surface area contributed by atoms with Crippen LogP contribution in [-0.4, -0.2) is 52.5 Å². The van der Waals surface area contributed by atoms with Crippen LogP contribution in [0.2, 0.25) is 0 Å². The molecule has 0 amide bonds. The number of Topliss-reactive ketones (excluding diaryl/α,β-unsaturated/α-hetero) is 2. The minimum Gasteiger partial charge on any atom is -0.466 e. The quantitative estimate of drug-likeness (QED) is 0.224. The molecule has 0 saturated carbocycles. The van der Waals surface area contributed by atoms with Gasteiger partial charge in [-0.15, -0.1) is 11.8 Å². The Morgan fingerprint density at radius 1 is 0.719 bits per heavy atom. The summed E-state index contributed by atoms with van der Waals surface area (Å²) in [5.74, 6) is -0.0498. The van der Waals surface area contributed by atoms with Crippen molar-refractivity contribution in [1.29, 1.82) is 0 Å². The molecule has 8 heteroatoms. The number of hydrogen-bond donors (Lipinski definition) is 0. The summed E-state index contributed by atoms with van der Waals surface area (Å²) in [7, 11) is 0. The minimum atomic E-state index is -0.717. The lowest BCUT2D eigenvalue weighted by molar-refractivity contribution is -0.155. The Balaban J connectivity index is -0.000000238. The molecule has 0 heterocycles. The van der Waals surface area contributed by atoms with Crippen molar-refractivity contribution in [2.24, 2.45) is 10.8 Å². The van der Waals surface area contributed by atoms with E-state index in [-0.39, 0.29) is 61.3 Å². The van der Waals surface area contributed by atoms with Gasteiger partial charge in [-0.3, -0.25) is 19.2 Å². The van der Waals surface area contributed by atoms with E-state index in [2.05, 4.69) is 36.7 Å². The Hall–Kier alpha value is -0.890. The van der Waals surface area contributed by atoms with Crippen molar-refractivity contribution >= 4 is 51.2 Å². The minimum absolute atomic E-state index is 0. The van der Waals surface area contributed by atoms with E-state index < -0.39 is 10.8 Å². The number of thioether (sulfide) groups is 1. The first-order valence-electron chi connectivity index (χ1n) is 10.1. The molecule has 0 spiro atoms. The number of halogens is 1. The Morgan fingerprint density at radius 3 is 1.34 bits per heavy atom. The number of alkyl halides is 1.